The van der Waals surface area contributed by atoms with Crippen molar-refractivity contribution in [2.24, 2.45) is 16.0 Å². The van der Waals surface area contributed by atoms with Crippen LogP contribution >= 0.6 is 11.3 Å². The molecule has 9 heteroatoms. The van der Waals surface area contributed by atoms with Crippen LogP contribution in [0.25, 0.3) is 11.3 Å². The maximum absolute atomic E-state index is 14.3. The summed E-state index contributed by atoms with van der Waals surface area (Å²) >= 11 is 1.31. The van der Waals surface area contributed by atoms with Crippen LogP contribution < -0.4 is 19.0 Å². The smallest absolute Gasteiger partial charge is 0.211 e. The maximum Gasteiger partial charge on any atom is 0.211 e. The monoisotopic (exact) mass is 487 g/mol. The molecule has 0 unspecified atom stereocenters. The molecule has 0 radical (unpaired) electrons. The Labute approximate surface area is 201 Å². The van der Waals surface area contributed by atoms with Crippen molar-refractivity contribution in [3.63, 3.8) is 0 Å². The molecule has 6 nitrogen and oxygen atoms in total. The number of thiazole rings is 1. The van der Waals surface area contributed by atoms with Crippen molar-refractivity contribution in [2.45, 2.75) is 32.1 Å². The molecule has 1 aliphatic carbocycles. The highest BCUT2D eigenvalue weighted by Crippen LogP contribution is 2.41. The van der Waals surface area contributed by atoms with Crippen molar-refractivity contribution in [3.05, 3.63) is 52.1 Å². The summed E-state index contributed by atoms with van der Waals surface area (Å²) < 4.78 is 45.8. The van der Waals surface area contributed by atoms with Crippen LogP contribution in [0.4, 0.5) is 14.5 Å². The minimum absolute atomic E-state index is 0.0429. The van der Waals surface area contributed by atoms with Crippen LogP contribution in [0.3, 0.4) is 0 Å². The first-order valence-electron chi connectivity index (χ1n) is 11.1. The van der Waals surface area contributed by atoms with E-state index in [1.807, 2.05) is 23.7 Å². The Morgan fingerprint density at radius 3 is 2.29 bits per heavy atom. The number of ether oxygens (including phenoxy) is 3. The second-order valence-electron chi connectivity index (χ2n) is 8.00. The quantitative estimate of drug-likeness (QED) is 0.375. The lowest BCUT2D eigenvalue weighted by atomic mass is 9.90. The van der Waals surface area contributed by atoms with E-state index in [4.69, 9.17) is 19.3 Å². The summed E-state index contributed by atoms with van der Waals surface area (Å²) in [5, 5.41) is 6.65. The van der Waals surface area contributed by atoms with Gasteiger partial charge < -0.3 is 14.2 Å². The maximum atomic E-state index is 14.3. The molecule has 0 aliphatic heterocycles. The first kappa shape index (κ1) is 23.9. The number of benzene rings is 2. The van der Waals surface area contributed by atoms with Crippen LogP contribution in [0.15, 0.2) is 45.8 Å². The Bertz CT molecular complexity index is 1220. The molecule has 0 atom stereocenters. The molecule has 180 valence electrons. The Balaban J connectivity index is 1.86. The van der Waals surface area contributed by atoms with Gasteiger partial charge in [-0.15, -0.1) is 11.3 Å². The highest BCUT2D eigenvalue weighted by molar-refractivity contribution is 7.07. The molecule has 1 saturated carbocycles. The minimum atomic E-state index is -0.731. The predicted molar refractivity (Wildman–Crippen MR) is 129 cm³/mol. The van der Waals surface area contributed by atoms with Gasteiger partial charge in [0, 0.05) is 23.2 Å². The molecule has 3 aromatic rings. The third kappa shape index (κ3) is 5.14. The normalized spacial score (nSPS) is 15.1. The van der Waals surface area contributed by atoms with Gasteiger partial charge in [-0.1, -0.05) is 19.3 Å². The number of hydrogen-bond acceptors (Lipinski definition) is 6. The third-order valence-corrected chi connectivity index (χ3v) is 6.63. The molecule has 0 bridgehead atoms. The molecular weight excluding hydrogens is 460 g/mol. The van der Waals surface area contributed by atoms with Gasteiger partial charge in [-0.2, -0.15) is 5.10 Å². The van der Waals surface area contributed by atoms with Crippen LogP contribution in [0.1, 0.15) is 32.1 Å². The first-order chi connectivity index (χ1) is 16.5. The molecule has 1 aliphatic rings. The van der Waals surface area contributed by atoms with Crippen LogP contribution in [-0.2, 0) is 0 Å². The summed E-state index contributed by atoms with van der Waals surface area (Å²) in [5.41, 5.74) is 1.55. The summed E-state index contributed by atoms with van der Waals surface area (Å²) in [6.45, 7) is 0. The second kappa shape index (κ2) is 10.8. The minimum Gasteiger partial charge on any atom is -0.493 e. The van der Waals surface area contributed by atoms with Gasteiger partial charge in [0.15, 0.2) is 17.3 Å². The van der Waals surface area contributed by atoms with Crippen molar-refractivity contribution < 1.29 is 23.0 Å². The van der Waals surface area contributed by atoms with Gasteiger partial charge in [0.25, 0.3) is 0 Å². The molecule has 1 fully saturated rings. The Hall–Kier alpha value is -3.20. The summed E-state index contributed by atoms with van der Waals surface area (Å²) in [7, 11) is 4.66. The van der Waals surface area contributed by atoms with Crippen molar-refractivity contribution in [2.75, 3.05) is 21.3 Å². The predicted octanol–water partition coefficient (Wildman–Crippen LogP) is 6.17. The number of nitrogens with zero attached hydrogens (tertiary/aromatic N) is 3. The van der Waals surface area contributed by atoms with Crippen molar-refractivity contribution >= 4 is 23.2 Å². The molecule has 0 spiro atoms. The van der Waals surface area contributed by atoms with E-state index in [1.165, 1.54) is 42.7 Å². The molecule has 0 N–H and O–H groups in total. The number of aromatic nitrogens is 1. The lowest BCUT2D eigenvalue weighted by Crippen LogP contribution is -2.14. The fourth-order valence-electron chi connectivity index (χ4n) is 4.04. The van der Waals surface area contributed by atoms with Gasteiger partial charge in [0.05, 0.1) is 27.0 Å². The van der Waals surface area contributed by atoms with Crippen molar-refractivity contribution in [1.82, 2.24) is 4.68 Å². The number of hydrogen-bond donors (Lipinski definition) is 0. The van der Waals surface area contributed by atoms with Crippen LogP contribution in [0.2, 0.25) is 0 Å². The van der Waals surface area contributed by atoms with Gasteiger partial charge in [-0.05, 0) is 43.0 Å². The zero-order valence-electron chi connectivity index (χ0n) is 19.4. The summed E-state index contributed by atoms with van der Waals surface area (Å²) in [6.07, 6.45) is 7.75. The molecule has 4 rings (SSSR count). The van der Waals surface area contributed by atoms with E-state index < -0.39 is 11.6 Å². The van der Waals surface area contributed by atoms with Gasteiger partial charge in [0.2, 0.25) is 10.6 Å². The Morgan fingerprint density at radius 1 is 0.971 bits per heavy atom. The molecule has 2 aromatic carbocycles. The standard InChI is InChI=1S/C25H27F2N3O3S/c1-31-22-11-17(12-23(32-2)24(22)33-3)21-15-34-25(29-20-10-9-18(26)13-19(20)27)30(21)28-14-16-7-5-4-6-8-16/h9-16H,4-8H2,1-3H3. The van der Waals surface area contributed by atoms with Gasteiger partial charge >= 0.3 is 0 Å². The number of rotatable bonds is 7. The largest absolute Gasteiger partial charge is 0.493 e. The van der Waals surface area contributed by atoms with E-state index >= 15 is 0 Å². The highest BCUT2D eigenvalue weighted by Gasteiger charge is 2.18. The Kier molecular flexibility index (Phi) is 7.62. The van der Waals surface area contributed by atoms with Gasteiger partial charge in [0.1, 0.15) is 11.5 Å². The van der Waals surface area contributed by atoms with E-state index in [-0.39, 0.29) is 5.69 Å². The topological polar surface area (TPSA) is 57.3 Å². The SMILES string of the molecule is COc1cc(-c2csc(=Nc3ccc(F)cc3F)n2N=CC2CCCCC2)cc(OC)c1OC. The average Bonchev–Trinajstić information content (AvgIpc) is 3.26. The Morgan fingerprint density at radius 2 is 1.68 bits per heavy atom. The highest BCUT2D eigenvalue weighted by atomic mass is 32.1. The van der Waals surface area contributed by atoms with Crippen LogP contribution in [0, 0.1) is 17.6 Å². The number of methoxy groups -OCH3 is 3. The van der Waals surface area contributed by atoms with Gasteiger partial charge in [-0.25, -0.2) is 18.4 Å². The molecule has 34 heavy (non-hydrogen) atoms. The molecular formula is C25H27F2N3O3S. The van der Waals surface area contributed by atoms with Gasteiger partial charge in [-0.3, -0.25) is 0 Å². The van der Waals surface area contributed by atoms with Crippen LogP contribution in [0.5, 0.6) is 17.2 Å². The lowest BCUT2D eigenvalue weighted by molar-refractivity contribution is 0.324. The fraction of sp³-hybridized carbons (Fsp3) is 0.360. The van der Waals surface area contributed by atoms with E-state index in [1.54, 1.807) is 26.0 Å². The van der Waals surface area contributed by atoms with E-state index in [0.717, 1.165) is 30.2 Å². The summed E-state index contributed by atoms with van der Waals surface area (Å²) in [4.78, 5) is 4.91. The second-order valence-corrected chi connectivity index (χ2v) is 8.84. The van der Waals surface area contributed by atoms with Crippen molar-refractivity contribution in [3.8, 4) is 28.5 Å². The van der Waals surface area contributed by atoms with Crippen molar-refractivity contribution in [1.29, 1.82) is 0 Å². The zero-order valence-corrected chi connectivity index (χ0v) is 20.2. The van der Waals surface area contributed by atoms with E-state index in [2.05, 4.69) is 4.99 Å². The van der Waals surface area contributed by atoms with Crippen LogP contribution in [-0.4, -0.2) is 32.2 Å². The molecule has 1 heterocycles. The summed E-state index contributed by atoms with van der Waals surface area (Å²) in [6, 6.07) is 6.99. The lowest BCUT2D eigenvalue weighted by Gasteiger charge is -2.17. The third-order valence-electron chi connectivity index (χ3n) is 5.81. The zero-order chi connectivity index (χ0) is 24.1. The van der Waals surface area contributed by atoms with E-state index in [9.17, 15) is 8.78 Å². The number of halogens is 2. The fourth-order valence-corrected chi connectivity index (χ4v) is 4.88. The molecule has 1 aromatic heterocycles. The average molecular weight is 488 g/mol. The first-order valence-corrected chi connectivity index (χ1v) is 12.0. The summed E-state index contributed by atoms with van der Waals surface area (Å²) in [5.74, 6) is 0.501. The van der Waals surface area contributed by atoms with E-state index in [0.29, 0.717) is 28.0 Å². The molecule has 0 saturated heterocycles. The molecule has 0 amide bonds.